The van der Waals surface area contributed by atoms with E-state index >= 15 is 0 Å². The molecule has 0 radical (unpaired) electrons. The van der Waals surface area contributed by atoms with Crippen LogP contribution in [0.15, 0.2) is 30.3 Å². The third-order valence-corrected chi connectivity index (χ3v) is 6.22. The van der Waals surface area contributed by atoms with Gasteiger partial charge in [-0.3, -0.25) is 9.69 Å². The van der Waals surface area contributed by atoms with E-state index in [1.165, 1.54) is 12.0 Å². The quantitative estimate of drug-likeness (QED) is 0.886. The number of amides is 1. The standard InChI is InChI=1S/C19H29N3OS/c1-21(19(23)12-17-15-24-11-9-20-17)18-8-5-10-22(14-18)13-16-6-3-2-4-7-16/h2-4,6-7,17-18,20H,5,8-15H2,1H3. The van der Waals surface area contributed by atoms with Gasteiger partial charge in [-0.15, -0.1) is 0 Å². The Kier molecular flexibility index (Phi) is 6.58. The van der Waals surface area contributed by atoms with Gasteiger partial charge in [0.25, 0.3) is 0 Å². The predicted octanol–water partition coefficient (Wildman–Crippen LogP) is 2.20. The molecule has 2 aliphatic heterocycles. The van der Waals surface area contributed by atoms with E-state index in [9.17, 15) is 4.79 Å². The van der Waals surface area contributed by atoms with Crippen molar-refractivity contribution in [1.29, 1.82) is 0 Å². The molecule has 2 aliphatic rings. The third-order valence-electron chi connectivity index (χ3n) is 5.09. The molecule has 2 saturated heterocycles. The van der Waals surface area contributed by atoms with Crippen LogP contribution in [0.4, 0.5) is 0 Å². The molecule has 0 spiro atoms. The van der Waals surface area contributed by atoms with Crippen molar-refractivity contribution in [1.82, 2.24) is 15.1 Å². The van der Waals surface area contributed by atoms with Crippen molar-refractivity contribution in [3.05, 3.63) is 35.9 Å². The van der Waals surface area contributed by atoms with Crippen molar-refractivity contribution in [3.63, 3.8) is 0 Å². The molecule has 0 saturated carbocycles. The largest absolute Gasteiger partial charge is 0.341 e. The van der Waals surface area contributed by atoms with Gasteiger partial charge in [-0.2, -0.15) is 11.8 Å². The van der Waals surface area contributed by atoms with Crippen LogP contribution >= 0.6 is 11.8 Å². The Hall–Kier alpha value is -1.04. The van der Waals surface area contributed by atoms with Crippen molar-refractivity contribution in [2.45, 2.75) is 37.9 Å². The second-order valence-electron chi connectivity index (χ2n) is 6.95. The summed E-state index contributed by atoms with van der Waals surface area (Å²) < 4.78 is 0. The third kappa shape index (κ3) is 4.98. The summed E-state index contributed by atoms with van der Waals surface area (Å²) in [6.07, 6.45) is 2.94. The molecule has 132 valence electrons. The fourth-order valence-electron chi connectivity index (χ4n) is 3.64. The van der Waals surface area contributed by atoms with Gasteiger partial charge < -0.3 is 10.2 Å². The Balaban J connectivity index is 1.50. The molecule has 1 N–H and O–H groups in total. The molecule has 1 aromatic carbocycles. The van der Waals surface area contributed by atoms with Crippen LogP contribution in [0.25, 0.3) is 0 Å². The summed E-state index contributed by atoms with van der Waals surface area (Å²) in [5.74, 6) is 2.52. The lowest BCUT2D eigenvalue weighted by molar-refractivity contribution is -0.133. The van der Waals surface area contributed by atoms with E-state index in [-0.39, 0.29) is 0 Å². The Morgan fingerprint density at radius 3 is 2.96 bits per heavy atom. The van der Waals surface area contributed by atoms with E-state index in [1.807, 2.05) is 23.7 Å². The number of nitrogens with zero attached hydrogens (tertiary/aromatic N) is 2. The van der Waals surface area contributed by atoms with Crippen molar-refractivity contribution in [3.8, 4) is 0 Å². The van der Waals surface area contributed by atoms with Gasteiger partial charge in [0.15, 0.2) is 0 Å². The Morgan fingerprint density at radius 2 is 2.21 bits per heavy atom. The average Bonchev–Trinajstić information content (AvgIpc) is 2.63. The van der Waals surface area contributed by atoms with Crippen LogP contribution in [-0.4, -0.2) is 66.0 Å². The number of carbonyl (C=O) groups is 1. The molecule has 24 heavy (non-hydrogen) atoms. The Labute approximate surface area is 150 Å². The van der Waals surface area contributed by atoms with Crippen molar-refractivity contribution in [2.24, 2.45) is 0 Å². The minimum absolute atomic E-state index is 0.293. The maximum atomic E-state index is 12.6. The highest BCUT2D eigenvalue weighted by Gasteiger charge is 2.27. The molecule has 1 aromatic rings. The molecule has 1 amide bonds. The van der Waals surface area contributed by atoms with E-state index in [0.717, 1.165) is 44.1 Å². The van der Waals surface area contributed by atoms with Gasteiger partial charge in [-0.1, -0.05) is 30.3 Å². The lowest BCUT2D eigenvalue weighted by Crippen LogP contribution is -2.50. The van der Waals surface area contributed by atoms with E-state index in [1.54, 1.807) is 0 Å². The van der Waals surface area contributed by atoms with Crippen LogP contribution in [0.5, 0.6) is 0 Å². The van der Waals surface area contributed by atoms with Crippen LogP contribution in [0, 0.1) is 0 Å². The number of hydrogen-bond acceptors (Lipinski definition) is 4. The molecule has 0 bridgehead atoms. The van der Waals surface area contributed by atoms with Gasteiger partial charge in [-0.05, 0) is 24.9 Å². The highest BCUT2D eigenvalue weighted by atomic mass is 32.2. The first-order valence-electron chi connectivity index (χ1n) is 9.05. The van der Waals surface area contributed by atoms with E-state index in [0.29, 0.717) is 24.4 Å². The SMILES string of the molecule is CN(C(=O)CC1CSCCN1)C1CCCN(Cc2ccccc2)C1. The number of carbonyl (C=O) groups excluding carboxylic acids is 1. The highest BCUT2D eigenvalue weighted by Crippen LogP contribution is 2.19. The zero-order valence-corrected chi connectivity index (χ0v) is 15.4. The monoisotopic (exact) mass is 347 g/mol. The number of nitrogens with one attached hydrogen (secondary N) is 1. The second-order valence-corrected chi connectivity index (χ2v) is 8.10. The first-order chi connectivity index (χ1) is 11.7. The number of benzene rings is 1. The van der Waals surface area contributed by atoms with Gasteiger partial charge in [0.05, 0.1) is 0 Å². The lowest BCUT2D eigenvalue weighted by atomic mass is 10.0. The van der Waals surface area contributed by atoms with Gasteiger partial charge >= 0.3 is 0 Å². The maximum Gasteiger partial charge on any atom is 0.224 e. The summed E-state index contributed by atoms with van der Waals surface area (Å²) in [6.45, 7) is 4.14. The van der Waals surface area contributed by atoms with Crippen LogP contribution in [-0.2, 0) is 11.3 Å². The number of hydrogen-bond donors (Lipinski definition) is 1. The lowest BCUT2D eigenvalue weighted by Gasteiger charge is -2.38. The van der Waals surface area contributed by atoms with Gasteiger partial charge in [0, 0.05) is 56.7 Å². The minimum atomic E-state index is 0.293. The van der Waals surface area contributed by atoms with Crippen molar-refractivity contribution >= 4 is 17.7 Å². The molecule has 2 fully saturated rings. The molecule has 0 aliphatic carbocycles. The molecule has 2 heterocycles. The van der Waals surface area contributed by atoms with Gasteiger partial charge in [0.2, 0.25) is 5.91 Å². The summed E-state index contributed by atoms with van der Waals surface area (Å²) in [5, 5.41) is 3.47. The summed E-state index contributed by atoms with van der Waals surface area (Å²) in [4.78, 5) is 17.1. The number of rotatable bonds is 5. The minimum Gasteiger partial charge on any atom is -0.341 e. The number of likely N-dealkylation sites (N-methyl/N-ethyl adjacent to an activating group) is 1. The number of likely N-dealkylation sites (tertiary alicyclic amines) is 1. The first-order valence-corrected chi connectivity index (χ1v) is 10.2. The normalized spacial score (nSPS) is 25.4. The molecule has 2 atom stereocenters. The van der Waals surface area contributed by atoms with Gasteiger partial charge in [-0.25, -0.2) is 0 Å². The topological polar surface area (TPSA) is 35.6 Å². The van der Waals surface area contributed by atoms with E-state index < -0.39 is 0 Å². The fourth-order valence-corrected chi connectivity index (χ4v) is 4.59. The predicted molar refractivity (Wildman–Crippen MR) is 101 cm³/mol. The van der Waals surface area contributed by atoms with E-state index in [2.05, 4.69) is 40.5 Å². The number of piperidine rings is 1. The zero-order valence-electron chi connectivity index (χ0n) is 14.6. The Morgan fingerprint density at radius 1 is 1.38 bits per heavy atom. The van der Waals surface area contributed by atoms with Crippen molar-refractivity contribution in [2.75, 3.05) is 38.2 Å². The molecular formula is C19H29N3OS. The summed E-state index contributed by atoms with van der Waals surface area (Å²) in [6, 6.07) is 11.3. The average molecular weight is 348 g/mol. The Bertz CT molecular complexity index is 519. The highest BCUT2D eigenvalue weighted by molar-refractivity contribution is 7.99. The summed E-state index contributed by atoms with van der Waals surface area (Å²) >= 11 is 1.95. The number of thioether (sulfide) groups is 1. The maximum absolute atomic E-state index is 12.6. The second kappa shape index (κ2) is 8.88. The molecule has 4 nitrogen and oxygen atoms in total. The smallest absolute Gasteiger partial charge is 0.224 e. The molecule has 2 unspecified atom stereocenters. The van der Waals surface area contributed by atoms with E-state index in [4.69, 9.17) is 0 Å². The van der Waals surface area contributed by atoms with Crippen LogP contribution in [0.1, 0.15) is 24.8 Å². The summed E-state index contributed by atoms with van der Waals surface area (Å²) in [7, 11) is 2.00. The van der Waals surface area contributed by atoms with Crippen LogP contribution in [0.3, 0.4) is 0 Å². The summed E-state index contributed by atoms with van der Waals surface area (Å²) in [5.41, 5.74) is 1.36. The fraction of sp³-hybridized carbons (Fsp3) is 0.632. The molecule has 0 aromatic heterocycles. The van der Waals surface area contributed by atoms with Crippen LogP contribution < -0.4 is 5.32 Å². The van der Waals surface area contributed by atoms with Crippen LogP contribution in [0.2, 0.25) is 0 Å². The van der Waals surface area contributed by atoms with Gasteiger partial charge in [0.1, 0.15) is 0 Å². The zero-order chi connectivity index (χ0) is 16.8. The molecule has 5 heteroatoms. The van der Waals surface area contributed by atoms with Crippen molar-refractivity contribution < 1.29 is 4.79 Å². The first kappa shape index (κ1) is 17.8. The molecule has 3 rings (SSSR count). The molecular weight excluding hydrogens is 318 g/mol.